The van der Waals surface area contributed by atoms with Gasteiger partial charge in [0.2, 0.25) is 0 Å². The number of anilines is 1. The lowest BCUT2D eigenvalue weighted by atomic mass is 10.1. The summed E-state index contributed by atoms with van der Waals surface area (Å²) in [6.45, 7) is 4.05. The first-order chi connectivity index (χ1) is 8.65. The van der Waals surface area contributed by atoms with E-state index < -0.39 is 0 Å². The highest BCUT2D eigenvalue weighted by molar-refractivity contribution is 6.31. The summed E-state index contributed by atoms with van der Waals surface area (Å²) in [7, 11) is 0. The molecule has 94 valence electrons. The Kier molecular flexibility index (Phi) is 2.71. The topological polar surface area (TPSA) is 34.4 Å². The van der Waals surface area contributed by atoms with Crippen molar-refractivity contribution in [1.82, 2.24) is 0 Å². The SMILES string of the molecule is Cc1cc(Cl)cc2c1OC(c1ccco1)C(C)N2. The highest BCUT2D eigenvalue weighted by Crippen LogP contribution is 2.41. The monoisotopic (exact) mass is 263 g/mol. The fourth-order valence-electron chi connectivity index (χ4n) is 2.30. The van der Waals surface area contributed by atoms with Crippen LogP contribution in [0.3, 0.4) is 0 Å². The molecule has 0 amide bonds. The predicted molar refractivity (Wildman–Crippen MR) is 71.4 cm³/mol. The first-order valence-corrected chi connectivity index (χ1v) is 6.29. The number of hydrogen-bond donors (Lipinski definition) is 1. The molecule has 0 spiro atoms. The lowest BCUT2D eigenvalue weighted by molar-refractivity contribution is 0.150. The van der Waals surface area contributed by atoms with Gasteiger partial charge in [-0.1, -0.05) is 11.6 Å². The molecule has 0 fully saturated rings. The largest absolute Gasteiger partial charge is 0.478 e. The molecule has 0 bridgehead atoms. The average molecular weight is 264 g/mol. The number of furan rings is 1. The highest BCUT2D eigenvalue weighted by Gasteiger charge is 2.30. The van der Waals surface area contributed by atoms with Crippen molar-refractivity contribution in [3.63, 3.8) is 0 Å². The Hall–Kier alpha value is -1.61. The van der Waals surface area contributed by atoms with Crippen LogP contribution in [-0.4, -0.2) is 6.04 Å². The molecule has 2 atom stereocenters. The van der Waals surface area contributed by atoms with Gasteiger partial charge in [-0.3, -0.25) is 0 Å². The molecule has 1 aliphatic heterocycles. The molecule has 2 aromatic rings. The van der Waals surface area contributed by atoms with Crippen molar-refractivity contribution in [2.24, 2.45) is 0 Å². The van der Waals surface area contributed by atoms with Gasteiger partial charge in [0, 0.05) is 5.02 Å². The maximum atomic E-state index is 6.06. The summed E-state index contributed by atoms with van der Waals surface area (Å²) in [4.78, 5) is 0. The number of rotatable bonds is 1. The van der Waals surface area contributed by atoms with Gasteiger partial charge >= 0.3 is 0 Å². The predicted octanol–water partition coefficient (Wildman–Crippen LogP) is 4.18. The molecule has 3 rings (SSSR count). The van der Waals surface area contributed by atoms with E-state index in [1.54, 1.807) is 6.26 Å². The third-order valence-electron chi connectivity index (χ3n) is 3.15. The van der Waals surface area contributed by atoms with Crippen LogP contribution in [0, 0.1) is 6.92 Å². The van der Waals surface area contributed by atoms with Crippen LogP contribution in [0.1, 0.15) is 24.4 Å². The molecule has 1 aromatic carbocycles. The van der Waals surface area contributed by atoms with E-state index in [0.29, 0.717) is 5.02 Å². The summed E-state index contributed by atoms with van der Waals surface area (Å²) >= 11 is 6.05. The van der Waals surface area contributed by atoms with E-state index in [2.05, 4.69) is 12.2 Å². The van der Waals surface area contributed by atoms with Crippen LogP contribution >= 0.6 is 11.6 Å². The highest BCUT2D eigenvalue weighted by atomic mass is 35.5. The third-order valence-corrected chi connectivity index (χ3v) is 3.36. The Morgan fingerprint density at radius 3 is 2.89 bits per heavy atom. The zero-order valence-corrected chi connectivity index (χ0v) is 11.0. The van der Waals surface area contributed by atoms with E-state index in [1.807, 2.05) is 31.2 Å². The van der Waals surface area contributed by atoms with Crippen molar-refractivity contribution in [2.45, 2.75) is 26.0 Å². The number of fused-ring (bicyclic) bond motifs is 1. The van der Waals surface area contributed by atoms with Crippen molar-refractivity contribution in [3.8, 4) is 5.75 Å². The molecule has 0 aliphatic carbocycles. The second kappa shape index (κ2) is 4.25. The van der Waals surface area contributed by atoms with Gasteiger partial charge in [0.1, 0.15) is 11.5 Å². The van der Waals surface area contributed by atoms with Crippen molar-refractivity contribution in [2.75, 3.05) is 5.32 Å². The lowest BCUT2D eigenvalue weighted by Gasteiger charge is -2.32. The molecule has 1 aromatic heterocycles. The van der Waals surface area contributed by atoms with Gasteiger partial charge in [-0.2, -0.15) is 0 Å². The second-order valence-corrected chi connectivity index (χ2v) is 5.02. The average Bonchev–Trinajstić information content (AvgIpc) is 2.81. The van der Waals surface area contributed by atoms with Crippen LogP contribution < -0.4 is 10.1 Å². The minimum atomic E-state index is -0.118. The Bertz CT molecular complexity index is 565. The minimum Gasteiger partial charge on any atom is -0.478 e. The number of ether oxygens (including phenoxy) is 1. The summed E-state index contributed by atoms with van der Waals surface area (Å²) in [6, 6.07) is 7.71. The third kappa shape index (κ3) is 1.85. The van der Waals surface area contributed by atoms with Gasteiger partial charge in [0.05, 0.1) is 18.0 Å². The van der Waals surface area contributed by atoms with Crippen molar-refractivity contribution in [3.05, 3.63) is 46.9 Å². The van der Waals surface area contributed by atoms with Gasteiger partial charge in [0.25, 0.3) is 0 Å². The zero-order chi connectivity index (χ0) is 12.7. The molecule has 0 saturated heterocycles. The van der Waals surface area contributed by atoms with E-state index >= 15 is 0 Å². The van der Waals surface area contributed by atoms with E-state index in [4.69, 9.17) is 20.8 Å². The van der Waals surface area contributed by atoms with E-state index in [1.165, 1.54) is 0 Å². The molecule has 2 heterocycles. The lowest BCUT2D eigenvalue weighted by Crippen LogP contribution is -2.32. The van der Waals surface area contributed by atoms with E-state index in [-0.39, 0.29) is 12.1 Å². The van der Waals surface area contributed by atoms with E-state index in [0.717, 1.165) is 22.8 Å². The van der Waals surface area contributed by atoms with Crippen LogP contribution in [0.5, 0.6) is 5.75 Å². The smallest absolute Gasteiger partial charge is 0.176 e. The molecule has 2 unspecified atom stereocenters. The first-order valence-electron chi connectivity index (χ1n) is 5.92. The van der Waals surface area contributed by atoms with Gasteiger partial charge in [-0.15, -0.1) is 0 Å². The molecule has 3 nitrogen and oxygen atoms in total. The van der Waals surface area contributed by atoms with Crippen LogP contribution in [0.4, 0.5) is 5.69 Å². The van der Waals surface area contributed by atoms with Crippen molar-refractivity contribution < 1.29 is 9.15 Å². The second-order valence-electron chi connectivity index (χ2n) is 4.59. The maximum absolute atomic E-state index is 6.06. The van der Waals surface area contributed by atoms with Gasteiger partial charge in [-0.05, 0) is 43.7 Å². The zero-order valence-electron chi connectivity index (χ0n) is 10.2. The first kappa shape index (κ1) is 11.5. The fourth-order valence-corrected chi connectivity index (χ4v) is 2.57. The van der Waals surface area contributed by atoms with Crippen LogP contribution in [0.2, 0.25) is 5.02 Å². The Morgan fingerprint density at radius 1 is 1.33 bits per heavy atom. The number of halogens is 1. The molecule has 1 aliphatic rings. The fraction of sp³-hybridized carbons (Fsp3) is 0.286. The Morgan fingerprint density at radius 2 is 2.17 bits per heavy atom. The molecular weight excluding hydrogens is 250 g/mol. The van der Waals surface area contributed by atoms with Crippen molar-refractivity contribution >= 4 is 17.3 Å². The molecular formula is C14H14ClNO2. The van der Waals surface area contributed by atoms with Gasteiger partial charge < -0.3 is 14.5 Å². The van der Waals surface area contributed by atoms with Crippen LogP contribution in [-0.2, 0) is 0 Å². The summed E-state index contributed by atoms with van der Waals surface area (Å²) in [5.74, 6) is 1.67. The number of benzene rings is 1. The van der Waals surface area contributed by atoms with Crippen molar-refractivity contribution in [1.29, 1.82) is 0 Å². The standard InChI is InChI=1S/C14H14ClNO2/c1-8-6-10(15)7-11-13(8)18-14(9(2)16-11)12-4-3-5-17-12/h3-7,9,14,16H,1-2H3. The van der Waals surface area contributed by atoms with Gasteiger partial charge in [0.15, 0.2) is 6.10 Å². The van der Waals surface area contributed by atoms with E-state index in [9.17, 15) is 0 Å². The summed E-state index contributed by atoms with van der Waals surface area (Å²) in [5.41, 5.74) is 1.96. The minimum absolute atomic E-state index is 0.118. The van der Waals surface area contributed by atoms with Gasteiger partial charge in [-0.25, -0.2) is 0 Å². The Labute approximate surface area is 111 Å². The summed E-state index contributed by atoms with van der Waals surface area (Å²) in [5, 5.41) is 4.12. The molecule has 0 saturated carbocycles. The quantitative estimate of drug-likeness (QED) is 0.838. The molecule has 18 heavy (non-hydrogen) atoms. The van der Waals surface area contributed by atoms with Crippen LogP contribution in [0.15, 0.2) is 34.9 Å². The number of aryl methyl sites for hydroxylation is 1. The Balaban J connectivity index is 2.01. The normalized spacial score (nSPS) is 21.9. The van der Waals surface area contributed by atoms with Crippen LogP contribution in [0.25, 0.3) is 0 Å². The molecule has 1 N–H and O–H groups in total. The molecule has 0 radical (unpaired) electrons. The molecule has 4 heteroatoms. The summed E-state index contributed by atoms with van der Waals surface area (Å²) in [6.07, 6.45) is 1.54. The number of hydrogen-bond acceptors (Lipinski definition) is 3. The summed E-state index contributed by atoms with van der Waals surface area (Å²) < 4.78 is 11.5. The maximum Gasteiger partial charge on any atom is 0.176 e. The number of nitrogens with one attached hydrogen (secondary N) is 1.